The number of nitrogens with zero attached hydrogens (tertiary/aromatic N) is 1. The lowest BCUT2D eigenvalue weighted by Crippen LogP contribution is -2.44. The highest BCUT2D eigenvalue weighted by atomic mass is 35.5. The number of carbonyl (C=O) groups is 1. The largest absolute Gasteiger partial charge is 0.351 e. The van der Waals surface area contributed by atoms with E-state index in [1.54, 1.807) is 6.08 Å². The van der Waals surface area contributed by atoms with Crippen molar-refractivity contribution in [3.8, 4) is 0 Å². The molecule has 0 aliphatic carbocycles. The van der Waals surface area contributed by atoms with Gasteiger partial charge in [0.15, 0.2) is 0 Å². The lowest BCUT2D eigenvalue weighted by Gasteiger charge is -2.23. The summed E-state index contributed by atoms with van der Waals surface area (Å²) in [6, 6.07) is 10.2. The van der Waals surface area contributed by atoms with Crippen molar-refractivity contribution in [1.29, 1.82) is 0 Å². The Bertz CT molecular complexity index is 466. The first-order valence-corrected chi connectivity index (χ1v) is 7.06. The van der Waals surface area contributed by atoms with Gasteiger partial charge in [-0.1, -0.05) is 36.4 Å². The van der Waals surface area contributed by atoms with Crippen molar-refractivity contribution >= 4 is 18.3 Å². The highest BCUT2D eigenvalue weighted by Crippen LogP contribution is 2.27. The Morgan fingerprint density at radius 3 is 2.76 bits per heavy atom. The molecule has 2 rings (SSSR count). The molecule has 0 saturated carbocycles. The van der Waals surface area contributed by atoms with E-state index < -0.39 is 0 Å². The van der Waals surface area contributed by atoms with E-state index in [9.17, 15) is 4.79 Å². The molecule has 1 aliphatic heterocycles. The third kappa shape index (κ3) is 4.30. The van der Waals surface area contributed by atoms with Crippen molar-refractivity contribution in [2.24, 2.45) is 5.73 Å². The topological polar surface area (TPSA) is 58.4 Å². The second-order valence-corrected chi connectivity index (χ2v) is 5.34. The third-order valence-electron chi connectivity index (χ3n) is 3.97. The number of amides is 1. The van der Waals surface area contributed by atoms with E-state index in [0.717, 1.165) is 13.1 Å². The molecule has 1 unspecified atom stereocenters. The predicted molar refractivity (Wildman–Crippen MR) is 88.6 cm³/mol. The predicted octanol–water partition coefficient (Wildman–Crippen LogP) is 1.53. The van der Waals surface area contributed by atoms with Crippen LogP contribution in [-0.4, -0.2) is 42.5 Å². The van der Waals surface area contributed by atoms with Crippen LogP contribution in [0, 0.1) is 0 Å². The van der Waals surface area contributed by atoms with Crippen LogP contribution < -0.4 is 11.1 Å². The van der Waals surface area contributed by atoms with Gasteiger partial charge in [0.2, 0.25) is 5.91 Å². The summed E-state index contributed by atoms with van der Waals surface area (Å²) in [6.07, 6.45) is 1.69. The van der Waals surface area contributed by atoms with Gasteiger partial charge in [-0.15, -0.1) is 19.0 Å². The number of nitrogens with two attached hydrogens (primary N) is 1. The van der Waals surface area contributed by atoms with Gasteiger partial charge in [0.1, 0.15) is 0 Å². The average Bonchev–Trinajstić information content (AvgIpc) is 2.86. The maximum Gasteiger partial charge on any atom is 0.237 e. The van der Waals surface area contributed by atoms with E-state index in [1.165, 1.54) is 5.56 Å². The molecule has 0 aromatic heterocycles. The van der Waals surface area contributed by atoms with Gasteiger partial charge in [-0.05, 0) is 12.5 Å². The molecule has 0 bridgehead atoms. The molecule has 1 fully saturated rings. The van der Waals surface area contributed by atoms with Crippen molar-refractivity contribution in [3.63, 3.8) is 0 Å². The standard InChI is InChI=1S/C16H23N3O.ClH/c1-3-9-18-16(20)12(2)19-10-14(15(17)11-19)13-7-5-4-6-8-13;/h3-8,12,14-15H,1,9-11,17H2,2H3,(H,18,20);1H/t12?,14-,15+;/m0./s1. The summed E-state index contributed by atoms with van der Waals surface area (Å²) in [7, 11) is 0. The van der Waals surface area contributed by atoms with Crippen LogP contribution in [0.4, 0.5) is 0 Å². The molecule has 1 heterocycles. The van der Waals surface area contributed by atoms with Gasteiger partial charge in [-0.2, -0.15) is 0 Å². The zero-order valence-corrected chi connectivity index (χ0v) is 13.2. The number of carbonyl (C=O) groups excluding carboxylic acids is 1. The molecular weight excluding hydrogens is 286 g/mol. The normalized spacial score (nSPS) is 23.1. The number of rotatable bonds is 5. The lowest BCUT2D eigenvalue weighted by molar-refractivity contribution is -0.125. The summed E-state index contributed by atoms with van der Waals surface area (Å²) >= 11 is 0. The molecule has 1 aliphatic rings. The van der Waals surface area contributed by atoms with Crippen LogP contribution in [0.15, 0.2) is 43.0 Å². The monoisotopic (exact) mass is 309 g/mol. The first-order chi connectivity index (χ1) is 9.63. The van der Waals surface area contributed by atoms with Crippen molar-refractivity contribution in [1.82, 2.24) is 10.2 Å². The molecule has 1 aromatic rings. The number of hydrogen-bond donors (Lipinski definition) is 2. The highest BCUT2D eigenvalue weighted by Gasteiger charge is 2.35. The number of halogens is 1. The van der Waals surface area contributed by atoms with Crippen molar-refractivity contribution in [3.05, 3.63) is 48.6 Å². The summed E-state index contributed by atoms with van der Waals surface area (Å²) < 4.78 is 0. The summed E-state index contributed by atoms with van der Waals surface area (Å²) in [5.74, 6) is 0.330. The van der Waals surface area contributed by atoms with E-state index in [-0.39, 0.29) is 30.4 Å². The minimum atomic E-state index is -0.158. The minimum absolute atomic E-state index is 0. The lowest BCUT2D eigenvalue weighted by atomic mass is 9.95. The molecular formula is C16H24ClN3O. The Hall–Kier alpha value is -1.36. The van der Waals surface area contributed by atoms with E-state index in [0.29, 0.717) is 12.5 Å². The number of benzene rings is 1. The fraction of sp³-hybridized carbons (Fsp3) is 0.438. The Morgan fingerprint density at radius 2 is 2.14 bits per heavy atom. The molecule has 116 valence electrons. The van der Waals surface area contributed by atoms with Gasteiger partial charge in [-0.25, -0.2) is 0 Å². The first-order valence-electron chi connectivity index (χ1n) is 7.06. The molecule has 5 heteroatoms. The maximum atomic E-state index is 12.0. The van der Waals surface area contributed by atoms with Gasteiger partial charge in [0.05, 0.1) is 6.04 Å². The molecule has 1 saturated heterocycles. The van der Waals surface area contributed by atoms with Gasteiger partial charge >= 0.3 is 0 Å². The smallest absolute Gasteiger partial charge is 0.237 e. The second kappa shape index (κ2) is 8.17. The molecule has 0 spiro atoms. The quantitative estimate of drug-likeness (QED) is 0.811. The van der Waals surface area contributed by atoms with Gasteiger partial charge < -0.3 is 11.1 Å². The van der Waals surface area contributed by atoms with E-state index in [4.69, 9.17) is 5.73 Å². The third-order valence-corrected chi connectivity index (χ3v) is 3.97. The van der Waals surface area contributed by atoms with E-state index in [1.807, 2.05) is 25.1 Å². The second-order valence-electron chi connectivity index (χ2n) is 5.34. The summed E-state index contributed by atoms with van der Waals surface area (Å²) in [5.41, 5.74) is 7.50. The van der Waals surface area contributed by atoms with Crippen LogP contribution >= 0.6 is 12.4 Å². The average molecular weight is 310 g/mol. The fourth-order valence-corrected chi connectivity index (χ4v) is 2.72. The molecule has 3 atom stereocenters. The van der Waals surface area contributed by atoms with Crippen molar-refractivity contribution in [2.45, 2.75) is 24.9 Å². The minimum Gasteiger partial charge on any atom is -0.351 e. The van der Waals surface area contributed by atoms with Crippen LogP contribution in [0.1, 0.15) is 18.4 Å². The summed E-state index contributed by atoms with van der Waals surface area (Å²) in [6.45, 7) is 7.62. The van der Waals surface area contributed by atoms with E-state index >= 15 is 0 Å². The number of nitrogens with one attached hydrogen (secondary N) is 1. The van der Waals surface area contributed by atoms with Gasteiger partial charge in [-0.3, -0.25) is 9.69 Å². The number of hydrogen-bond acceptors (Lipinski definition) is 3. The van der Waals surface area contributed by atoms with Crippen LogP contribution in [0.25, 0.3) is 0 Å². The van der Waals surface area contributed by atoms with Gasteiger partial charge in [0, 0.05) is 31.6 Å². The number of likely N-dealkylation sites (tertiary alicyclic amines) is 1. The maximum absolute atomic E-state index is 12.0. The molecule has 21 heavy (non-hydrogen) atoms. The zero-order chi connectivity index (χ0) is 14.5. The molecule has 0 radical (unpaired) electrons. The Morgan fingerprint density at radius 1 is 1.48 bits per heavy atom. The van der Waals surface area contributed by atoms with Crippen molar-refractivity contribution in [2.75, 3.05) is 19.6 Å². The van der Waals surface area contributed by atoms with Crippen LogP contribution in [0.2, 0.25) is 0 Å². The van der Waals surface area contributed by atoms with Gasteiger partial charge in [0.25, 0.3) is 0 Å². The molecule has 4 nitrogen and oxygen atoms in total. The van der Waals surface area contributed by atoms with Crippen LogP contribution in [0.3, 0.4) is 0 Å². The molecule has 1 amide bonds. The Kier molecular flexibility index (Phi) is 6.89. The summed E-state index contributed by atoms with van der Waals surface area (Å²) in [5, 5.41) is 2.84. The fourth-order valence-electron chi connectivity index (χ4n) is 2.72. The zero-order valence-electron chi connectivity index (χ0n) is 12.4. The van der Waals surface area contributed by atoms with Crippen LogP contribution in [0.5, 0.6) is 0 Å². The van der Waals surface area contributed by atoms with Crippen molar-refractivity contribution < 1.29 is 4.79 Å². The van der Waals surface area contributed by atoms with Crippen LogP contribution in [-0.2, 0) is 4.79 Å². The first kappa shape index (κ1) is 17.7. The summed E-state index contributed by atoms with van der Waals surface area (Å²) in [4.78, 5) is 14.2. The highest BCUT2D eigenvalue weighted by molar-refractivity contribution is 5.85. The molecule has 3 N–H and O–H groups in total. The Balaban J connectivity index is 0.00000220. The van der Waals surface area contributed by atoms with E-state index in [2.05, 4.69) is 28.9 Å². The molecule has 1 aromatic carbocycles. The Labute approximate surface area is 132 Å². The SMILES string of the molecule is C=CCNC(=O)C(C)N1C[C@@H](N)[C@H](c2ccccc2)C1.Cl.